The van der Waals surface area contributed by atoms with Gasteiger partial charge in [-0.15, -0.1) is 0 Å². The molecule has 1 aromatic heterocycles. The number of benzene rings is 1. The third kappa shape index (κ3) is 2.97. The molecule has 0 amide bonds. The third-order valence-electron chi connectivity index (χ3n) is 2.47. The minimum Gasteiger partial charge on any atom is -0.497 e. The summed E-state index contributed by atoms with van der Waals surface area (Å²) >= 11 is 0. The molecule has 0 aliphatic rings. The molecular weight excluding hydrogens is 216 g/mol. The van der Waals surface area contributed by atoms with Crippen molar-refractivity contribution in [2.45, 2.75) is 20.4 Å². The lowest BCUT2D eigenvalue weighted by atomic mass is 10.2. The van der Waals surface area contributed by atoms with Crippen LogP contribution >= 0.6 is 0 Å². The number of aromatic nitrogens is 1. The first-order valence-electron chi connectivity index (χ1n) is 5.83. The quantitative estimate of drug-likeness (QED) is 0.863. The molecule has 1 N–H and O–H groups in total. The van der Waals surface area contributed by atoms with E-state index in [1.54, 1.807) is 7.11 Å². The topological polar surface area (TPSA) is 47.3 Å². The highest BCUT2D eigenvalue weighted by Crippen LogP contribution is 2.21. The molecule has 0 atom stereocenters. The number of rotatable bonds is 5. The first kappa shape index (κ1) is 11.9. The van der Waals surface area contributed by atoms with Crippen molar-refractivity contribution in [3.05, 3.63) is 24.1 Å². The van der Waals surface area contributed by atoms with Crippen LogP contribution in [0.2, 0.25) is 0 Å². The van der Waals surface area contributed by atoms with Gasteiger partial charge >= 0.3 is 0 Å². The number of ether oxygens (including phenoxy) is 1. The predicted octanol–water partition coefficient (Wildman–Crippen LogP) is 2.58. The Balaban J connectivity index is 2.09. The van der Waals surface area contributed by atoms with Crippen molar-refractivity contribution in [1.29, 1.82) is 0 Å². The largest absolute Gasteiger partial charge is 0.497 e. The van der Waals surface area contributed by atoms with E-state index < -0.39 is 0 Å². The van der Waals surface area contributed by atoms with E-state index in [1.165, 1.54) is 0 Å². The van der Waals surface area contributed by atoms with Crippen LogP contribution in [-0.2, 0) is 6.54 Å². The zero-order chi connectivity index (χ0) is 12.3. The van der Waals surface area contributed by atoms with Gasteiger partial charge in [-0.2, -0.15) is 0 Å². The molecule has 17 heavy (non-hydrogen) atoms. The van der Waals surface area contributed by atoms with Crippen molar-refractivity contribution in [2.24, 2.45) is 5.92 Å². The van der Waals surface area contributed by atoms with Crippen LogP contribution < -0.4 is 10.1 Å². The number of oxazole rings is 1. The third-order valence-corrected chi connectivity index (χ3v) is 2.47. The van der Waals surface area contributed by atoms with Crippen LogP contribution in [0.3, 0.4) is 0 Å². The van der Waals surface area contributed by atoms with Crippen LogP contribution in [-0.4, -0.2) is 18.6 Å². The molecule has 92 valence electrons. The van der Waals surface area contributed by atoms with E-state index in [1.807, 2.05) is 18.2 Å². The average Bonchev–Trinajstić information content (AvgIpc) is 2.69. The first-order valence-corrected chi connectivity index (χ1v) is 5.83. The van der Waals surface area contributed by atoms with E-state index in [0.29, 0.717) is 18.4 Å². The molecule has 1 aromatic carbocycles. The highest BCUT2D eigenvalue weighted by atomic mass is 16.5. The minimum absolute atomic E-state index is 0.625. The van der Waals surface area contributed by atoms with Gasteiger partial charge in [0.15, 0.2) is 5.58 Å². The SMILES string of the molecule is COc1ccc2oc(CNCC(C)C)nc2c1. The molecule has 4 heteroatoms. The summed E-state index contributed by atoms with van der Waals surface area (Å²) < 4.78 is 10.8. The Morgan fingerprint density at radius 3 is 2.94 bits per heavy atom. The van der Waals surface area contributed by atoms with Gasteiger partial charge in [-0.05, 0) is 24.6 Å². The monoisotopic (exact) mass is 234 g/mol. The van der Waals surface area contributed by atoms with Gasteiger partial charge in [-0.3, -0.25) is 0 Å². The molecular formula is C13H18N2O2. The van der Waals surface area contributed by atoms with Crippen LogP contribution in [0.1, 0.15) is 19.7 Å². The molecule has 0 fully saturated rings. The number of nitrogens with one attached hydrogen (secondary N) is 1. The van der Waals surface area contributed by atoms with E-state index in [-0.39, 0.29) is 0 Å². The fraction of sp³-hybridized carbons (Fsp3) is 0.462. The highest BCUT2D eigenvalue weighted by molar-refractivity contribution is 5.74. The Labute approximate surface area is 101 Å². The average molecular weight is 234 g/mol. The zero-order valence-electron chi connectivity index (χ0n) is 10.5. The fourth-order valence-electron chi connectivity index (χ4n) is 1.63. The molecule has 0 spiro atoms. The lowest BCUT2D eigenvalue weighted by Gasteiger charge is -2.03. The Morgan fingerprint density at radius 2 is 2.24 bits per heavy atom. The highest BCUT2D eigenvalue weighted by Gasteiger charge is 2.06. The standard InChI is InChI=1S/C13H18N2O2/c1-9(2)7-14-8-13-15-11-6-10(16-3)4-5-12(11)17-13/h4-6,9,14H,7-8H2,1-3H3. The van der Waals surface area contributed by atoms with Crippen LogP contribution in [0, 0.1) is 5.92 Å². The van der Waals surface area contributed by atoms with Gasteiger partial charge < -0.3 is 14.5 Å². The van der Waals surface area contributed by atoms with Crippen molar-refractivity contribution in [3.63, 3.8) is 0 Å². The van der Waals surface area contributed by atoms with Crippen molar-refractivity contribution >= 4 is 11.1 Å². The molecule has 0 radical (unpaired) electrons. The summed E-state index contributed by atoms with van der Waals surface area (Å²) in [5.74, 6) is 2.14. The van der Waals surface area contributed by atoms with Crippen molar-refractivity contribution < 1.29 is 9.15 Å². The molecule has 0 unspecified atom stereocenters. The van der Waals surface area contributed by atoms with Gasteiger partial charge in [0.1, 0.15) is 11.3 Å². The van der Waals surface area contributed by atoms with Crippen molar-refractivity contribution in [1.82, 2.24) is 10.3 Å². The normalized spacial score (nSPS) is 11.3. The summed E-state index contributed by atoms with van der Waals surface area (Å²) in [6.07, 6.45) is 0. The molecule has 2 aromatic rings. The number of hydrogen-bond acceptors (Lipinski definition) is 4. The van der Waals surface area contributed by atoms with E-state index >= 15 is 0 Å². The lowest BCUT2D eigenvalue weighted by molar-refractivity contribution is 0.415. The molecule has 0 saturated carbocycles. The van der Waals surface area contributed by atoms with E-state index in [9.17, 15) is 0 Å². The second-order valence-electron chi connectivity index (χ2n) is 4.47. The minimum atomic E-state index is 0.625. The maximum absolute atomic E-state index is 5.62. The number of methoxy groups -OCH3 is 1. The van der Waals surface area contributed by atoms with Crippen molar-refractivity contribution in [2.75, 3.05) is 13.7 Å². The Bertz CT molecular complexity index is 491. The Hall–Kier alpha value is -1.55. The predicted molar refractivity (Wildman–Crippen MR) is 67.1 cm³/mol. The van der Waals surface area contributed by atoms with Gasteiger partial charge in [-0.25, -0.2) is 4.98 Å². The summed E-state index contributed by atoms with van der Waals surface area (Å²) in [7, 11) is 1.65. The smallest absolute Gasteiger partial charge is 0.209 e. The van der Waals surface area contributed by atoms with E-state index in [2.05, 4.69) is 24.1 Å². The maximum Gasteiger partial charge on any atom is 0.209 e. The van der Waals surface area contributed by atoms with Gasteiger partial charge in [0, 0.05) is 6.07 Å². The van der Waals surface area contributed by atoms with Gasteiger partial charge in [0.05, 0.1) is 13.7 Å². The summed E-state index contributed by atoms with van der Waals surface area (Å²) in [5, 5.41) is 3.30. The van der Waals surface area contributed by atoms with E-state index in [0.717, 1.165) is 23.4 Å². The zero-order valence-corrected chi connectivity index (χ0v) is 10.5. The molecule has 1 heterocycles. The van der Waals surface area contributed by atoms with Gasteiger partial charge in [-0.1, -0.05) is 13.8 Å². The fourth-order valence-corrected chi connectivity index (χ4v) is 1.63. The number of fused-ring (bicyclic) bond motifs is 1. The maximum atomic E-state index is 5.62. The summed E-state index contributed by atoms with van der Waals surface area (Å²) in [6, 6.07) is 5.64. The molecule has 0 aliphatic carbocycles. The van der Waals surface area contributed by atoms with E-state index in [4.69, 9.17) is 9.15 Å². The molecule has 4 nitrogen and oxygen atoms in total. The van der Waals surface area contributed by atoms with Gasteiger partial charge in [0.25, 0.3) is 0 Å². The lowest BCUT2D eigenvalue weighted by Crippen LogP contribution is -2.19. The summed E-state index contributed by atoms with van der Waals surface area (Å²) in [5.41, 5.74) is 1.64. The number of hydrogen-bond donors (Lipinski definition) is 1. The van der Waals surface area contributed by atoms with Crippen LogP contribution in [0.4, 0.5) is 0 Å². The Kier molecular flexibility index (Phi) is 3.64. The summed E-state index contributed by atoms with van der Waals surface area (Å²) in [4.78, 5) is 4.41. The second-order valence-corrected chi connectivity index (χ2v) is 4.47. The van der Waals surface area contributed by atoms with Gasteiger partial charge in [0.2, 0.25) is 5.89 Å². The first-order chi connectivity index (χ1) is 8.19. The molecule has 0 bridgehead atoms. The van der Waals surface area contributed by atoms with Crippen molar-refractivity contribution in [3.8, 4) is 5.75 Å². The Morgan fingerprint density at radius 1 is 1.41 bits per heavy atom. The summed E-state index contributed by atoms with van der Waals surface area (Å²) in [6.45, 7) is 5.96. The van der Waals surface area contributed by atoms with Crippen LogP contribution in [0.5, 0.6) is 5.75 Å². The molecule has 0 aliphatic heterocycles. The van der Waals surface area contributed by atoms with Crippen LogP contribution in [0.15, 0.2) is 22.6 Å². The second kappa shape index (κ2) is 5.19. The molecule has 0 saturated heterocycles. The number of nitrogens with zero attached hydrogens (tertiary/aromatic N) is 1. The molecule has 2 rings (SSSR count). The van der Waals surface area contributed by atoms with Crippen LogP contribution in [0.25, 0.3) is 11.1 Å².